The first-order valence-electron chi connectivity index (χ1n) is 11.2. The molecule has 1 aliphatic heterocycles. The fraction of sp³-hybridized carbons (Fsp3) is 0.385. The molecule has 2 amide bonds. The molecule has 162 valence electrons. The van der Waals surface area contributed by atoms with Crippen molar-refractivity contribution in [3.8, 4) is 5.75 Å². The predicted octanol–water partition coefficient (Wildman–Crippen LogP) is 4.72. The van der Waals surface area contributed by atoms with Gasteiger partial charge in [-0.25, -0.2) is 0 Å². The van der Waals surface area contributed by atoms with Gasteiger partial charge in [-0.2, -0.15) is 0 Å². The first kappa shape index (κ1) is 21.2. The third-order valence-electron chi connectivity index (χ3n) is 6.16. The number of benzene rings is 2. The van der Waals surface area contributed by atoms with Gasteiger partial charge < -0.3 is 10.1 Å². The molecule has 1 N–H and O–H groups in total. The van der Waals surface area contributed by atoms with Crippen LogP contribution in [0.4, 0.5) is 5.69 Å². The molecule has 1 saturated carbocycles. The molecule has 2 aromatic rings. The zero-order valence-electron chi connectivity index (χ0n) is 18.0. The molecule has 2 aromatic carbocycles. The highest BCUT2D eigenvalue weighted by Gasteiger charge is 2.55. The molecule has 2 aliphatic rings. The quantitative estimate of drug-likeness (QED) is 0.662. The number of nitrogens with zero attached hydrogens (tertiary/aromatic N) is 1. The second kappa shape index (κ2) is 9.38. The second-order valence-corrected chi connectivity index (χ2v) is 8.31. The van der Waals surface area contributed by atoms with Gasteiger partial charge in [-0.3, -0.25) is 14.5 Å². The summed E-state index contributed by atoms with van der Waals surface area (Å²) in [5.74, 6) is 0.594. The largest absolute Gasteiger partial charge is 0.494 e. The lowest BCUT2D eigenvalue weighted by Crippen LogP contribution is -2.70. The van der Waals surface area contributed by atoms with Crippen LogP contribution in [0.3, 0.4) is 0 Å². The van der Waals surface area contributed by atoms with Crippen LogP contribution in [-0.2, 0) is 9.59 Å². The van der Waals surface area contributed by atoms with E-state index in [1.165, 1.54) is 6.42 Å². The van der Waals surface area contributed by atoms with Crippen LogP contribution in [0.5, 0.6) is 5.75 Å². The minimum absolute atomic E-state index is 0.0549. The van der Waals surface area contributed by atoms with E-state index in [4.69, 9.17) is 4.74 Å². The molecule has 0 spiro atoms. The molecule has 1 atom stereocenters. The van der Waals surface area contributed by atoms with Crippen LogP contribution < -0.4 is 15.0 Å². The summed E-state index contributed by atoms with van der Waals surface area (Å²) in [6, 6.07) is 17.4. The van der Waals surface area contributed by atoms with Crippen molar-refractivity contribution in [1.82, 2.24) is 5.32 Å². The number of rotatable bonds is 7. The van der Waals surface area contributed by atoms with E-state index in [0.717, 1.165) is 37.0 Å². The highest BCUT2D eigenvalue weighted by Crippen LogP contribution is 2.40. The van der Waals surface area contributed by atoms with E-state index in [1.54, 1.807) is 4.90 Å². The van der Waals surface area contributed by atoms with Gasteiger partial charge in [0.05, 0.1) is 13.0 Å². The Morgan fingerprint density at radius 1 is 1.10 bits per heavy atom. The van der Waals surface area contributed by atoms with Crippen LogP contribution in [0.25, 0.3) is 6.08 Å². The highest BCUT2D eigenvalue weighted by atomic mass is 16.5. The van der Waals surface area contributed by atoms with Crippen LogP contribution in [0.2, 0.25) is 0 Å². The van der Waals surface area contributed by atoms with Gasteiger partial charge in [-0.1, -0.05) is 55.7 Å². The summed E-state index contributed by atoms with van der Waals surface area (Å²) in [4.78, 5) is 27.9. The van der Waals surface area contributed by atoms with Crippen molar-refractivity contribution < 1.29 is 14.3 Å². The molecule has 1 aliphatic carbocycles. The Kier molecular flexibility index (Phi) is 6.40. The van der Waals surface area contributed by atoms with Gasteiger partial charge in [-0.05, 0) is 55.7 Å². The summed E-state index contributed by atoms with van der Waals surface area (Å²) < 4.78 is 5.53. The van der Waals surface area contributed by atoms with Crippen LogP contribution in [0.15, 0.2) is 60.7 Å². The number of carbonyl (C=O) groups is 2. The lowest BCUT2D eigenvalue weighted by molar-refractivity contribution is -0.137. The van der Waals surface area contributed by atoms with E-state index in [-0.39, 0.29) is 24.3 Å². The predicted molar refractivity (Wildman–Crippen MR) is 123 cm³/mol. The second-order valence-electron chi connectivity index (χ2n) is 8.31. The molecule has 31 heavy (non-hydrogen) atoms. The molecule has 4 rings (SSSR count). The number of carbonyl (C=O) groups excluding carboxylic acids is 2. The maximum atomic E-state index is 13.6. The van der Waals surface area contributed by atoms with Crippen LogP contribution >= 0.6 is 0 Å². The summed E-state index contributed by atoms with van der Waals surface area (Å²) in [5.41, 5.74) is 0.687. The Bertz CT molecular complexity index is 933. The molecule has 5 heteroatoms. The van der Waals surface area contributed by atoms with Crippen LogP contribution in [-0.4, -0.2) is 30.0 Å². The molecule has 5 nitrogen and oxygen atoms in total. The molecule has 0 radical (unpaired) electrons. The summed E-state index contributed by atoms with van der Waals surface area (Å²) in [5, 5.41) is 3.24. The maximum absolute atomic E-state index is 13.6. The number of ether oxygens (including phenoxy) is 1. The van der Waals surface area contributed by atoms with Gasteiger partial charge in [0, 0.05) is 11.7 Å². The average molecular weight is 419 g/mol. The lowest BCUT2D eigenvalue weighted by atomic mass is 9.80. The number of β-lactam (4-membered cyclic amide) rings is 1. The smallest absolute Gasteiger partial charge is 0.251 e. The summed E-state index contributed by atoms with van der Waals surface area (Å²) in [7, 11) is 0. The first-order chi connectivity index (χ1) is 15.1. The standard InChI is InChI=1S/C26H30N2O3/c1-2-31-23-15-13-22(14-16-23)28-24(29)19-26(28,18-17-20-9-5-3-6-10-20)25(30)27-21-11-7-4-8-12-21/h3,5-6,9-10,13-18,21H,2,4,7-8,11-12,19H2,1H3,(H,27,30)/b18-17+/t26-/m1/s1. The van der Waals surface area contributed by atoms with Gasteiger partial charge in [0.15, 0.2) is 5.54 Å². The van der Waals surface area contributed by atoms with Crippen molar-refractivity contribution in [3.05, 3.63) is 66.2 Å². The van der Waals surface area contributed by atoms with E-state index in [1.807, 2.05) is 73.7 Å². The Morgan fingerprint density at radius 2 is 1.81 bits per heavy atom. The van der Waals surface area contributed by atoms with Gasteiger partial charge in [0.1, 0.15) is 5.75 Å². The topological polar surface area (TPSA) is 58.6 Å². The monoisotopic (exact) mass is 418 g/mol. The molecule has 0 unspecified atom stereocenters. The Labute approximate surface area is 184 Å². The lowest BCUT2D eigenvalue weighted by Gasteiger charge is -2.49. The molecule has 2 fully saturated rings. The van der Waals surface area contributed by atoms with Crippen molar-refractivity contribution in [3.63, 3.8) is 0 Å². The molecular weight excluding hydrogens is 388 g/mol. The Hall–Kier alpha value is -3.08. The third kappa shape index (κ3) is 4.50. The number of amides is 2. The first-order valence-corrected chi connectivity index (χ1v) is 11.2. The van der Waals surface area contributed by atoms with E-state index in [9.17, 15) is 9.59 Å². The van der Waals surface area contributed by atoms with E-state index in [2.05, 4.69) is 5.32 Å². The summed E-state index contributed by atoms with van der Waals surface area (Å²) >= 11 is 0. The fourth-order valence-electron chi connectivity index (χ4n) is 4.50. The third-order valence-corrected chi connectivity index (χ3v) is 6.16. The van der Waals surface area contributed by atoms with Crippen molar-refractivity contribution >= 4 is 23.6 Å². The molecule has 1 heterocycles. The maximum Gasteiger partial charge on any atom is 0.251 e. The van der Waals surface area contributed by atoms with E-state index >= 15 is 0 Å². The number of hydrogen-bond donors (Lipinski definition) is 1. The normalized spacial score (nSPS) is 21.7. The highest BCUT2D eigenvalue weighted by molar-refractivity contribution is 6.15. The van der Waals surface area contributed by atoms with E-state index in [0.29, 0.717) is 12.3 Å². The zero-order valence-corrected chi connectivity index (χ0v) is 18.0. The number of anilines is 1. The molecular formula is C26H30N2O3. The molecule has 0 bridgehead atoms. The van der Waals surface area contributed by atoms with Crippen LogP contribution in [0.1, 0.15) is 51.0 Å². The van der Waals surface area contributed by atoms with Crippen molar-refractivity contribution in [1.29, 1.82) is 0 Å². The summed E-state index contributed by atoms with van der Waals surface area (Å²) in [6.07, 6.45) is 9.50. The number of nitrogens with one attached hydrogen (secondary N) is 1. The van der Waals surface area contributed by atoms with Crippen LogP contribution in [0, 0.1) is 0 Å². The van der Waals surface area contributed by atoms with Crippen molar-refractivity contribution in [2.24, 2.45) is 0 Å². The molecule has 0 aromatic heterocycles. The van der Waals surface area contributed by atoms with E-state index < -0.39 is 5.54 Å². The zero-order chi connectivity index (χ0) is 21.7. The van der Waals surface area contributed by atoms with Crippen molar-refractivity contribution in [2.45, 2.75) is 57.0 Å². The van der Waals surface area contributed by atoms with Gasteiger partial charge in [-0.15, -0.1) is 0 Å². The molecule has 1 saturated heterocycles. The Balaban J connectivity index is 1.64. The van der Waals surface area contributed by atoms with Crippen molar-refractivity contribution in [2.75, 3.05) is 11.5 Å². The number of hydrogen-bond acceptors (Lipinski definition) is 3. The summed E-state index contributed by atoms with van der Waals surface area (Å²) in [6.45, 7) is 2.51. The Morgan fingerprint density at radius 3 is 2.45 bits per heavy atom. The minimum atomic E-state index is -1.02. The fourth-order valence-corrected chi connectivity index (χ4v) is 4.50. The average Bonchev–Trinajstić information content (AvgIpc) is 2.79. The van der Waals surface area contributed by atoms with Gasteiger partial charge in [0.2, 0.25) is 5.91 Å². The van der Waals surface area contributed by atoms with Gasteiger partial charge >= 0.3 is 0 Å². The minimum Gasteiger partial charge on any atom is -0.494 e. The van der Waals surface area contributed by atoms with Gasteiger partial charge in [0.25, 0.3) is 5.91 Å². The SMILES string of the molecule is CCOc1ccc(N2C(=O)C[C@]2(/C=C/c2ccccc2)C(=O)NC2CCCCC2)cc1.